The third kappa shape index (κ3) is 2.39. The molecule has 3 aromatic rings. The molecule has 4 nitrogen and oxygen atoms in total. The molecule has 0 saturated heterocycles. The van der Waals surface area contributed by atoms with Crippen LogP contribution in [0, 0.1) is 5.82 Å². The molecule has 2 heterocycles. The van der Waals surface area contributed by atoms with Gasteiger partial charge in [0.25, 0.3) is 5.56 Å². The fourth-order valence-electron chi connectivity index (χ4n) is 2.10. The monoisotopic (exact) mass is 323 g/mol. The third-order valence-electron chi connectivity index (χ3n) is 3.11. The van der Waals surface area contributed by atoms with Crippen LogP contribution in [0.2, 0.25) is 10.2 Å². The van der Waals surface area contributed by atoms with Gasteiger partial charge in [-0.15, -0.1) is 0 Å². The van der Waals surface area contributed by atoms with Crippen molar-refractivity contribution in [3.05, 3.63) is 56.8 Å². The van der Waals surface area contributed by atoms with Gasteiger partial charge in [0, 0.05) is 23.0 Å². The molecule has 0 unspecified atom stereocenters. The molecule has 21 heavy (non-hydrogen) atoms. The molecule has 0 aliphatic carbocycles. The lowest BCUT2D eigenvalue weighted by atomic mass is 10.0. The molecule has 106 valence electrons. The highest BCUT2D eigenvalue weighted by Gasteiger charge is 2.14. The Kier molecular flexibility index (Phi) is 3.39. The van der Waals surface area contributed by atoms with E-state index < -0.39 is 11.4 Å². The molecule has 0 spiro atoms. The second-order valence-electron chi connectivity index (χ2n) is 4.45. The zero-order valence-electron chi connectivity index (χ0n) is 10.8. The highest BCUT2D eigenvalue weighted by Crippen LogP contribution is 2.31. The van der Waals surface area contributed by atoms with Gasteiger partial charge in [-0.1, -0.05) is 23.2 Å². The van der Waals surface area contributed by atoms with Crippen LogP contribution in [0.25, 0.3) is 22.0 Å². The maximum absolute atomic E-state index is 14.1. The van der Waals surface area contributed by atoms with Crippen molar-refractivity contribution in [2.75, 3.05) is 0 Å². The Labute approximate surface area is 128 Å². The largest absolute Gasteiger partial charge is 0.293 e. The Morgan fingerprint density at radius 3 is 2.67 bits per heavy atom. The first-order valence-corrected chi connectivity index (χ1v) is 6.71. The summed E-state index contributed by atoms with van der Waals surface area (Å²) in [6.07, 6.45) is 1.46. The van der Waals surface area contributed by atoms with E-state index in [1.165, 1.54) is 31.4 Å². The van der Waals surface area contributed by atoms with E-state index in [1.54, 1.807) is 6.07 Å². The zero-order valence-corrected chi connectivity index (χ0v) is 12.3. The maximum Gasteiger partial charge on any atom is 0.293 e. The summed E-state index contributed by atoms with van der Waals surface area (Å²) in [6.45, 7) is 0. The van der Waals surface area contributed by atoms with Crippen molar-refractivity contribution in [3.8, 4) is 11.1 Å². The SMILES string of the molecule is Cn1ncc2c(-c3ccc(Cl)cc3F)cc(Cl)nc2c1=O. The van der Waals surface area contributed by atoms with Crippen LogP contribution in [0.1, 0.15) is 0 Å². The van der Waals surface area contributed by atoms with Gasteiger partial charge in [0.2, 0.25) is 0 Å². The van der Waals surface area contributed by atoms with Gasteiger partial charge in [-0.3, -0.25) is 4.79 Å². The van der Waals surface area contributed by atoms with E-state index in [9.17, 15) is 9.18 Å². The van der Waals surface area contributed by atoms with E-state index in [2.05, 4.69) is 10.1 Å². The molecule has 3 rings (SSSR count). The summed E-state index contributed by atoms with van der Waals surface area (Å²) in [4.78, 5) is 16.1. The normalized spacial score (nSPS) is 11.0. The summed E-state index contributed by atoms with van der Waals surface area (Å²) in [5.74, 6) is -0.508. The molecule has 0 atom stereocenters. The minimum atomic E-state index is -0.508. The van der Waals surface area contributed by atoms with E-state index in [0.29, 0.717) is 10.9 Å². The average molecular weight is 324 g/mol. The lowest BCUT2D eigenvalue weighted by Gasteiger charge is -2.09. The van der Waals surface area contributed by atoms with E-state index in [1.807, 2.05) is 0 Å². The molecule has 1 aromatic carbocycles. The lowest BCUT2D eigenvalue weighted by Crippen LogP contribution is -2.20. The smallest absolute Gasteiger partial charge is 0.265 e. The molecular weight excluding hydrogens is 316 g/mol. The van der Waals surface area contributed by atoms with Crippen molar-refractivity contribution >= 4 is 34.1 Å². The van der Waals surface area contributed by atoms with Crippen molar-refractivity contribution < 1.29 is 4.39 Å². The van der Waals surface area contributed by atoms with Crippen LogP contribution in [-0.2, 0) is 7.05 Å². The summed E-state index contributed by atoms with van der Waals surface area (Å²) < 4.78 is 15.3. The van der Waals surface area contributed by atoms with Crippen molar-refractivity contribution in [3.63, 3.8) is 0 Å². The van der Waals surface area contributed by atoms with E-state index in [4.69, 9.17) is 23.2 Å². The first-order valence-electron chi connectivity index (χ1n) is 5.95. The van der Waals surface area contributed by atoms with Crippen molar-refractivity contribution in [2.45, 2.75) is 0 Å². The first kappa shape index (κ1) is 14.0. The van der Waals surface area contributed by atoms with Gasteiger partial charge in [-0.2, -0.15) is 5.10 Å². The van der Waals surface area contributed by atoms with Crippen LogP contribution in [0.3, 0.4) is 0 Å². The molecule has 0 bridgehead atoms. The quantitative estimate of drug-likeness (QED) is 0.644. The van der Waals surface area contributed by atoms with Gasteiger partial charge in [-0.05, 0) is 29.8 Å². The maximum atomic E-state index is 14.1. The molecule has 0 radical (unpaired) electrons. The van der Waals surface area contributed by atoms with Crippen LogP contribution in [-0.4, -0.2) is 14.8 Å². The molecule has 0 amide bonds. The predicted molar refractivity (Wildman–Crippen MR) is 80.2 cm³/mol. The van der Waals surface area contributed by atoms with Crippen LogP contribution in [0.5, 0.6) is 0 Å². The Hall–Kier alpha value is -1.98. The van der Waals surface area contributed by atoms with Gasteiger partial charge in [0.1, 0.15) is 16.5 Å². The minimum Gasteiger partial charge on any atom is -0.265 e. The third-order valence-corrected chi connectivity index (χ3v) is 3.53. The van der Waals surface area contributed by atoms with Gasteiger partial charge >= 0.3 is 0 Å². The van der Waals surface area contributed by atoms with Crippen LogP contribution >= 0.6 is 23.2 Å². The summed E-state index contributed by atoms with van der Waals surface area (Å²) in [7, 11) is 1.51. The number of rotatable bonds is 1. The van der Waals surface area contributed by atoms with Crippen LogP contribution in [0.4, 0.5) is 4.39 Å². The topological polar surface area (TPSA) is 47.8 Å². The fraction of sp³-hybridized carbons (Fsp3) is 0.0714. The second-order valence-corrected chi connectivity index (χ2v) is 5.28. The highest BCUT2D eigenvalue weighted by atomic mass is 35.5. The standard InChI is InChI=1S/C14H8Cl2FN3O/c1-20-14(21)13-10(6-18-20)9(5-12(16)19-13)8-3-2-7(15)4-11(8)17/h2-6H,1H3. The van der Waals surface area contributed by atoms with Crippen molar-refractivity contribution in [2.24, 2.45) is 7.05 Å². The lowest BCUT2D eigenvalue weighted by molar-refractivity contribution is 0.631. The number of halogens is 3. The number of nitrogens with zero attached hydrogens (tertiary/aromatic N) is 3. The number of aromatic nitrogens is 3. The molecule has 0 N–H and O–H groups in total. The summed E-state index contributed by atoms with van der Waals surface area (Å²) >= 11 is 11.7. The number of hydrogen-bond acceptors (Lipinski definition) is 3. The van der Waals surface area contributed by atoms with E-state index >= 15 is 0 Å². The number of fused-ring (bicyclic) bond motifs is 1. The molecule has 0 aliphatic rings. The van der Waals surface area contributed by atoms with Gasteiger partial charge in [-0.25, -0.2) is 14.1 Å². The summed E-state index contributed by atoms with van der Waals surface area (Å²) in [5.41, 5.74) is 0.475. The molecule has 7 heteroatoms. The zero-order chi connectivity index (χ0) is 15.1. The predicted octanol–water partition coefficient (Wildman–Crippen LogP) is 3.44. The molecule has 2 aromatic heterocycles. The van der Waals surface area contributed by atoms with Crippen LogP contribution < -0.4 is 5.56 Å². The number of hydrogen-bond donors (Lipinski definition) is 0. The summed E-state index contributed by atoms with van der Waals surface area (Å²) in [5, 5.41) is 4.77. The Bertz CT molecular complexity index is 924. The number of aryl methyl sites for hydroxylation is 1. The molecular formula is C14H8Cl2FN3O. The van der Waals surface area contributed by atoms with E-state index in [0.717, 1.165) is 4.68 Å². The Morgan fingerprint density at radius 1 is 1.19 bits per heavy atom. The second kappa shape index (κ2) is 5.09. The molecule has 0 aliphatic heterocycles. The first-order chi connectivity index (χ1) is 9.97. The van der Waals surface area contributed by atoms with Gasteiger partial charge in [0.15, 0.2) is 0 Å². The Morgan fingerprint density at radius 2 is 1.95 bits per heavy atom. The number of pyridine rings is 1. The van der Waals surface area contributed by atoms with E-state index in [-0.39, 0.29) is 21.3 Å². The average Bonchev–Trinajstić information content (AvgIpc) is 2.43. The van der Waals surface area contributed by atoms with Gasteiger partial charge in [0.05, 0.1) is 6.20 Å². The van der Waals surface area contributed by atoms with Crippen LogP contribution in [0.15, 0.2) is 35.3 Å². The summed E-state index contributed by atoms with van der Waals surface area (Å²) in [6, 6.07) is 5.79. The number of benzene rings is 1. The molecule has 0 saturated carbocycles. The fourth-order valence-corrected chi connectivity index (χ4v) is 2.45. The Balaban J connectivity index is 2.42. The minimum absolute atomic E-state index is 0.107. The van der Waals surface area contributed by atoms with Gasteiger partial charge < -0.3 is 0 Å². The van der Waals surface area contributed by atoms with Crippen molar-refractivity contribution in [1.82, 2.24) is 14.8 Å². The molecule has 0 fully saturated rings. The van der Waals surface area contributed by atoms with Crippen molar-refractivity contribution in [1.29, 1.82) is 0 Å². The highest BCUT2D eigenvalue weighted by molar-refractivity contribution is 6.31.